The van der Waals surface area contributed by atoms with Crippen LogP contribution in [0.1, 0.15) is 38.0 Å². The highest BCUT2D eigenvalue weighted by Crippen LogP contribution is 2.29. The Balaban J connectivity index is 1.75. The van der Waals surface area contributed by atoms with Gasteiger partial charge in [-0.1, -0.05) is 19.1 Å². The molecule has 0 radical (unpaired) electrons. The van der Waals surface area contributed by atoms with Gasteiger partial charge in [0.1, 0.15) is 18.0 Å². The van der Waals surface area contributed by atoms with Crippen molar-refractivity contribution in [3.63, 3.8) is 0 Å². The van der Waals surface area contributed by atoms with Gasteiger partial charge in [-0.2, -0.15) is 4.98 Å². The van der Waals surface area contributed by atoms with Crippen molar-refractivity contribution in [2.24, 2.45) is 5.92 Å². The standard InChI is InChI=1S/C17H23N3O6/c1-3-11-7-20(15-13(22)12(21)9(2)26-15)16(23)18-14(11)19-17(24)25-8-10-5-4-6-10/h3,7,9-10,12-13,15,21-22H,1,4-6,8H2,2H3,(H,18,19,23,24)/t9-,12-,13-,15-/m1/s1. The number of nitrogens with zero attached hydrogens (tertiary/aromatic N) is 2. The van der Waals surface area contributed by atoms with Gasteiger partial charge in [0.25, 0.3) is 0 Å². The minimum atomic E-state index is -1.27. The first kappa shape index (κ1) is 18.6. The summed E-state index contributed by atoms with van der Waals surface area (Å²) in [5.74, 6) is 0.413. The second-order valence-corrected chi connectivity index (χ2v) is 6.67. The topological polar surface area (TPSA) is 123 Å². The molecule has 26 heavy (non-hydrogen) atoms. The summed E-state index contributed by atoms with van der Waals surface area (Å²) in [6.45, 7) is 5.57. The van der Waals surface area contributed by atoms with E-state index in [2.05, 4.69) is 16.9 Å². The zero-order valence-corrected chi connectivity index (χ0v) is 14.5. The molecule has 0 aromatic carbocycles. The quantitative estimate of drug-likeness (QED) is 0.707. The van der Waals surface area contributed by atoms with E-state index in [4.69, 9.17) is 9.47 Å². The number of aliphatic hydroxyl groups excluding tert-OH is 2. The highest BCUT2D eigenvalue weighted by Gasteiger charge is 2.42. The highest BCUT2D eigenvalue weighted by molar-refractivity contribution is 5.85. The van der Waals surface area contributed by atoms with Crippen LogP contribution in [0.25, 0.3) is 6.08 Å². The molecule has 3 rings (SSSR count). The van der Waals surface area contributed by atoms with Crippen molar-refractivity contribution in [3.05, 3.63) is 28.8 Å². The van der Waals surface area contributed by atoms with Gasteiger partial charge in [0.15, 0.2) is 6.23 Å². The molecule has 9 heteroatoms. The molecule has 0 unspecified atom stereocenters. The van der Waals surface area contributed by atoms with E-state index in [9.17, 15) is 19.8 Å². The van der Waals surface area contributed by atoms with Crippen LogP contribution < -0.4 is 11.0 Å². The maximum atomic E-state index is 12.3. The molecule has 0 bridgehead atoms. The molecule has 4 atom stereocenters. The third kappa shape index (κ3) is 3.64. The molecule has 3 N–H and O–H groups in total. The number of carbonyl (C=O) groups is 1. The molecule has 1 amide bonds. The average molecular weight is 365 g/mol. The molecule has 1 aliphatic carbocycles. The summed E-state index contributed by atoms with van der Waals surface area (Å²) >= 11 is 0. The Bertz CT molecular complexity index is 745. The fraction of sp³-hybridized carbons (Fsp3) is 0.588. The lowest BCUT2D eigenvalue weighted by Crippen LogP contribution is -2.36. The molecule has 142 valence electrons. The van der Waals surface area contributed by atoms with Crippen molar-refractivity contribution in [1.82, 2.24) is 9.55 Å². The van der Waals surface area contributed by atoms with E-state index in [1.165, 1.54) is 12.3 Å². The number of ether oxygens (including phenoxy) is 2. The van der Waals surface area contributed by atoms with Crippen molar-refractivity contribution < 1.29 is 24.5 Å². The van der Waals surface area contributed by atoms with Crippen molar-refractivity contribution >= 4 is 18.0 Å². The van der Waals surface area contributed by atoms with Crippen LogP contribution in [0.4, 0.5) is 10.6 Å². The van der Waals surface area contributed by atoms with Gasteiger partial charge in [0, 0.05) is 11.8 Å². The Kier molecular flexibility index (Phi) is 5.40. The van der Waals surface area contributed by atoms with E-state index >= 15 is 0 Å². The molecule has 1 aliphatic heterocycles. The predicted molar refractivity (Wildman–Crippen MR) is 92.5 cm³/mol. The van der Waals surface area contributed by atoms with Crippen LogP contribution in [-0.2, 0) is 9.47 Å². The average Bonchev–Trinajstić information content (AvgIpc) is 2.81. The van der Waals surface area contributed by atoms with Crippen LogP contribution in [-0.4, -0.2) is 50.8 Å². The number of hydrogen-bond acceptors (Lipinski definition) is 7. The minimum Gasteiger partial charge on any atom is -0.449 e. The summed E-state index contributed by atoms with van der Waals surface area (Å²) < 4.78 is 11.6. The maximum Gasteiger partial charge on any atom is 0.412 e. The second-order valence-electron chi connectivity index (χ2n) is 6.67. The zero-order chi connectivity index (χ0) is 18.8. The number of anilines is 1. The van der Waals surface area contributed by atoms with E-state index < -0.39 is 36.3 Å². The first-order valence-electron chi connectivity index (χ1n) is 8.61. The van der Waals surface area contributed by atoms with Gasteiger partial charge in [-0.25, -0.2) is 9.59 Å². The first-order chi connectivity index (χ1) is 12.4. The summed E-state index contributed by atoms with van der Waals surface area (Å²) in [5.41, 5.74) is -0.384. The molecule has 1 saturated carbocycles. The van der Waals surface area contributed by atoms with Crippen molar-refractivity contribution in [2.75, 3.05) is 11.9 Å². The smallest absolute Gasteiger partial charge is 0.412 e. The summed E-state index contributed by atoms with van der Waals surface area (Å²) in [6, 6.07) is 0. The second kappa shape index (κ2) is 7.56. The lowest BCUT2D eigenvalue weighted by atomic mass is 9.86. The van der Waals surface area contributed by atoms with Crippen LogP contribution in [0.5, 0.6) is 0 Å². The number of aromatic nitrogens is 2. The zero-order valence-electron chi connectivity index (χ0n) is 14.5. The summed E-state index contributed by atoms with van der Waals surface area (Å²) in [5, 5.41) is 22.3. The lowest BCUT2D eigenvalue weighted by molar-refractivity contribution is -0.0350. The van der Waals surface area contributed by atoms with Crippen molar-refractivity contribution in [1.29, 1.82) is 0 Å². The molecular weight excluding hydrogens is 342 g/mol. The molecule has 2 heterocycles. The maximum absolute atomic E-state index is 12.3. The lowest BCUT2D eigenvalue weighted by Gasteiger charge is -2.24. The van der Waals surface area contributed by atoms with Gasteiger partial charge >= 0.3 is 11.8 Å². The molecule has 2 fully saturated rings. The normalized spacial score (nSPS) is 28.4. The number of aliphatic hydroxyl groups is 2. The molecule has 9 nitrogen and oxygen atoms in total. The third-order valence-corrected chi connectivity index (χ3v) is 4.85. The van der Waals surface area contributed by atoms with Crippen LogP contribution in [0.15, 0.2) is 17.6 Å². The Morgan fingerprint density at radius 2 is 2.23 bits per heavy atom. The largest absolute Gasteiger partial charge is 0.449 e. The molecule has 1 saturated heterocycles. The molecule has 1 aromatic rings. The van der Waals surface area contributed by atoms with Crippen LogP contribution in [0.3, 0.4) is 0 Å². The first-order valence-corrected chi connectivity index (χ1v) is 8.61. The summed E-state index contributed by atoms with van der Waals surface area (Å²) in [4.78, 5) is 28.0. The van der Waals surface area contributed by atoms with E-state index in [1.807, 2.05) is 0 Å². The Hall–Kier alpha value is -2.23. The molecule has 2 aliphatic rings. The molecular formula is C17H23N3O6. The monoisotopic (exact) mass is 365 g/mol. The van der Waals surface area contributed by atoms with Crippen molar-refractivity contribution in [2.45, 2.75) is 50.7 Å². The predicted octanol–water partition coefficient (Wildman–Crippen LogP) is 0.874. The van der Waals surface area contributed by atoms with Gasteiger partial charge in [-0.15, -0.1) is 0 Å². The van der Waals surface area contributed by atoms with Gasteiger partial charge in [-0.05, 0) is 25.7 Å². The third-order valence-electron chi connectivity index (χ3n) is 4.85. The van der Waals surface area contributed by atoms with Gasteiger partial charge in [0.2, 0.25) is 0 Å². The van der Waals surface area contributed by atoms with E-state index in [0.29, 0.717) is 18.1 Å². The summed E-state index contributed by atoms with van der Waals surface area (Å²) in [7, 11) is 0. The van der Waals surface area contributed by atoms with E-state index in [-0.39, 0.29) is 5.82 Å². The Morgan fingerprint density at radius 3 is 2.77 bits per heavy atom. The number of carbonyl (C=O) groups excluding carboxylic acids is 1. The van der Waals surface area contributed by atoms with Crippen molar-refractivity contribution in [3.8, 4) is 0 Å². The SMILES string of the molecule is C=Cc1cn([C@@H]2O[C@H](C)[C@@H](O)[C@H]2O)c(=O)nc1NC(=O)OCC1CCC1. The Labute approximate surface area is 150 Å². The number of amides is 1. The number of hydrogen-bond donors (Lipinski definition) is 3. The van der Waals surface area contributed by atoms with E-state index in [0.717, 1.165) is 23.8 Å². The summed E-state index contributed by atoms with van der Waals surface area (Å²) in [6.07, 6.45) is 1.25. The van der Waals surface area contributed by atoms with Gasteiger partial charge < -0.3 is 19.7 Å². The van der Waals surface area contributed by atoms with Gasteiger partial charge in [-0.3, -0.25) is 9.88 Å². The van der Waals surface area contributed by atoms with Crippen LogP contribution >= 0.6 is 0 Å². The van der Waals surface area contributed by atoms with E-state index in [1.54, 1.807) is 6.92 Å². The van der Waals surface area contributed by atoms with Crippen LogP contribution in [0.2, 0.25) is 0 Å². The minimum absolute atomic E-state index is 0.0148. The fourth-order valence-corrected chi connectivity index (χ4v) is 2.96. The molecule has 1 aromatic heterocycles. The van der Waals surface area contributed by atoms with Crippen LogP contribution in [0, 0.1) is 5.92 Å². The Morgan fingerprint density at radius 1 is 1.50 bits per heavy atom. The van der Waals surface area contributed by atoms with Gasteiger partial charge in [0.05, 0.1) is 12.7 Å². The molecule has 0 spiro atoms. The highest BCUT2D eigenvalue weighted by atomic mass is 16.6. The number of rotatable bonds is 5. The fourth-order valence-electron chi connectivity index (χ4n) is 2.96. The number of nitrogens with one attached hydrogen (secondary N) is 1.